The molecule has 0 bridgehead atoms. The van der Waals surface area contributed by atoms with Crippen molar-refractivity contribution in [3.63, 3.8) is 0 Å². The third-order valence-corrected chi connectivity index (χ3v) is 4.68. The Labute approximate surface area is 116 Å². The van der Waals surface area contributed by atoms with Gasteiger partial charge in [-0.2, -0.15) is 4.31 Å². The van der Waals surface area contributed by atoms with Gasteiger partial charge in [0.2, 0.25) is 0 Å². The van der Waals surface area contributed by atoms with Gasteiger partial charge < -0.3 is 10.4 Å². The molecule has 1 aliphatic rings. The highest BCUT2D eigenvalue weighted by molar-refractivity contribution is 7.89. The van der Waals surface area contributed by atoms with Crippen LogP contribution in [0.15, 0.2) is 11.2 Å². The minimum atomic E-state index is -4.01. The molecular weight excluding hydrogens is 284 g/mol. The van der Waals surface area contributed by atoms with Gasteiger partial charge in [0, 0.05) is 31.0 Å². The molecule has 0 unspecified atom stereocenters. The molecule has 9 heteroatoms. The molecule has 2 heterocycles. The number of aromatic nitrogens is 2. The Morgan fingerprint density at radius 1 is 1.40 bits per heavy atom. The van der Waals surface area contributed by atoms with Gasteiger partial charge in [-0.3, -0.25) is 4.79 Å². The first kappa shape index (κ1) is 14.8. The van der Waals surface area contributed by atoms with E-state index in [4.69, 9.17) is 5.11 Å². The number of sulfonamides is 1. The van der Waals surface area contributed by atoms with Gasteiger partial charge in [-0.25, -0.2) is 18.4 Å². The number of carboxylic acids is 1. The molecule has 2 N–H and O–H groups in total. The van der Waals surface area contributed by atoms with E-state index in [2.05, 4.69) is 15.3 Å². The molecule has 0 spiro atoms. The lowest BCUT2D eigenvalue weighted by molar-refractivity contribution is -0.141. The van der Waals surface area contributed by atoms with Crippen LogP contribution in [-0.2, 0) is 14.8 Å². The fraction of sp³-hybridized carbons (Fsp3) is 0.545. The van der Waals surface area contributed by atoms with E-state index >= 15 is 0 Å². The smallest absolute Gasteiger partial charge is 0.323 e. The molecule has 1 aliphatic heterocycles. The lowest BCUT2D eigenvalue weighted by atomic mass is 10.2. The van der Waals surface area contributed by atoms with E-state index in [1.807, 2.05) is 0 Å². The number of aryl methyl sites for hydroxylation is 2. The first-order chi connectivity index (χ1) is 9.32. The molecule has 0 aliphatic carbocycles. The zero-order valence-electron chi connectivity index (χ0n) is 11.2. The van der Waals surface area contributed by atoms with Gasteiger partial charge in [-0.1, -0.05) is 0 Å². The van der Waals surface area contributed by atoms with Gasteiger partial charge in [0.1, 0.15) is 6.04 Å². The van der Waals surface area contributed by atoms with Crippen LogP contribution < -0.4 is 5.32 Å². The van der Waals surface area contributed by atoms with Crippen molar-refractivity contribution in [2.45, 2.75) is 25.0 Å². The van der Waals surface area contributed by atoms with Gasteiger partial charge in [0.05, 0.1) is 0 Å². The molecule has 1 saturated heterocycles. The Morgan fingerprint density at radius 2 is 2.00 bits per heavy atom. The number of rotatable bonds is 3. The summed E-state index contributed by atoms with van der Waals surface area (Å²) in [6.45, 7) is 3.88. The highest BCUT2D eigenvalue weighted by atomic mass is 32.2. The summed E-state index contributed by atoms with van der Waals surface area (Å²) in [4.78, 5) is 19.0. The second kappa shape index (κ2) is 5.43. The number of aliphatic carboxylic acids is 1. The summed E-state index contributed by atoms with van der Waals surface area (Å²) in [6, 6.07) is 0.518. The first-order valence-electron chi connectivity index (χ1n) is 6.10. The zero-order chi connectivity index (χ0) is 14.9. The number of hydrogen-bond acceptors (Lipinski definition) is 6. The Balaban J connectivity index is 2.44. The lowest BCUT2D eigenvalue weighted by Crippen LogP contribution is -2.57. The van der Waals surface area contributed by atoms with Crippen molar-refractivity contribution in [2.24, 2.45) is 0 Å². The normalized spacial score (nSPS) is 20.8. The van der Waals surface area contributed by atoms with Crippen LogP contribution in [0.1, 0.15) is 11.4 Å². The molecule has 0 radical (unpaired) electrons. The van der Waals surface area contributed by atoms with Crippen molar-refractivity contribution in [1.29, 1.82) is 0 Å². The van der Waals surface area contributed by atoms with Crippen LogP contribution in [0.4, 0.5) is 0 Å². The number of nitrogens with zero attached hydrogens (tertiary/aromatic N) is 3. The number of nitrogens with one attached hydrogen (secondary N) is 1. The van der Waals surface area contributed by atoms with Crippen LogP contribution in [0.5, 0.6) is 0 Å². The van der Waals surface area contributed by atoms with Crippen LogP contribution in [0.3, 0.4) is 0 Å². The molecule has 20 heavy (non-hydrogen) atoms. The summed E-state index contributed by atoms with van der Waals surface area (Å²) >= 11 is 0. The fourth-order valence-corrected chi connectivity index (χ4v) is 3.66. The number of carboxylic acid groups (broad SMARTS) is 1. The number of hydrogen-bond donors (Lipinski definition) is 2. The van der Waals surface area contributed by atoms with Crippen molar-refractivity contribution in [3.8, 4) is 0 Å². The maximum atomic E-state index is 12.5. The van der Waals surface area contributed by atoms with E-state index in [-0.39, 0.29) is 18.2 Å². The summed E-state index contributed by atoms with van der Waals surface area (Å²) in [5, 5.41) is 11.7. The van der Waals surface area contributed by atoms with Gasteiger partial charge in [0.15, 0.2) is 0 Å². The summed E-state index contributed by atoms with van der Waals surface area (Å²) in [6.07, 6.45) is 0. The SMILES string of the molecule is Cc1cc(C)nc(S(=O)(=O)N2CCNC[C@@H]2C(=O)O)n1. The van der Waals surface area contributed by atoms with Crippen LogP contribution in [-0.4, -0.2) is 59.4 Å². The van der Waals surface area contributed by atoms with Crippen LogP contribution in [0.2, 0.25) is 0 Å². The summed E-state index contributed by atoms with van der Waals surface area (Å²) < 4.78 is 26.0. The van der Waals surface area contributed by atoms with Crippen LogP contribution in [0.25, 0.3) is 0 Å². The van der Waals surface area contributed by atoms with E-state index in [9.17, 15) is 13.2 Å². The predicted molar refractivity (Wildman–Crippen MR) is 69.7 cm³/mol. The summed E-state index contributed by atoms with van der Waals surface area (Å²) in [5.74, 6) is -1.19. The topological polar surface area (TPSA) is 112 Å². The molecule has 0 aromatic carbocycles. The summed E-state index contributed by atoms with van der Waals surface area (Å²) in [7, 11) is -4.01. The van der Waals surface area contributed by atoms with E-state index in [0.29, 0.717) is 17.9 Å². The quantitative estimate of drug-likeness (QED) is 0.698. The maximum absolute atomic E-state index is 12.5. The van der Waals surface area contributed by atoms with Crippen molar-refractivity contribution in [1.82, 2.24) is 19.6 Å². The number of carbonyl (C=O) groups is 1. The van der Waals surface area contributed by atoms with E-state index in [1.165, 1.54) is 0 Å². The van der Waals surface area contributed by atoms with Gasteiger partial charge in [0.25, 0.3) is 15.2 Å². The molecule has 110 valence electrons. The number of piperazine rings is 1. The van der Waals surface area contributed by atoms with Crippen molar-refractivity contribution in [2.75, 3.05) is 19.6 Å². The molecule has 2 rings (SSSR count). The van der Waals surface area contributed by atoms with Gasteiger partial charge in [-0.15, -0.1) is 0 Å². The van der Waals surface area contributed by atoms with E-state index in [0.717, 1.165) is 4.31 Å². The Kier molecular flexibility index (Phi) is 4.02. The molecule has 1 aromatic heterocycles. The fourth-order valence-electron chi connectivity index (χ4n) is 2.10. The highest BCUT2D eigenvalue weighted by Crippen LogP contribution is 2.17. The van der Waals surface area contributed by atoms with E-state index in [1.54, 1.807) is 19.9 Å². The Bertz CT molecular complexity index is 611. The third kappa shape index (κ3) is 2.79. The average Bonchev–Trinajstić information content (AvgIpc) is 2.37. The van der Waals surface area contributed by atoms with Crippen molar-refractivity contribution in [3.05, 3.63) is 17.5 Å². The maximum Gasteiger partial charge on any atom is 0.323 e. The van der Waals surface area contributed by atoms with Crippen molar-refractivity contribution < 1.29 is 18.3 Å². The van der Waals surface area contributed by atoms with E-state index < -0.39 is 22.0 Å². The zero-order valence-corrected chi connectivity index (χ0v) is 12.0. The van der Waals surface area contributed by atoms with Crippen LogP contribution >= 0.6 is 0 Å². The molecule has 0 saturated carbocycles. The second-order valence-corrected chi connectivity index (χ2v) is 6.39. The highest BCUT2D eigenvalue weighted by Gasteiger charge is 2.39. The second-order valence-electron chi connectivity index (χ2n) is 4.61. The first-order valence-corrected chi connectivity index (χ1v) is 7.54. The minimum Gasteiger partial charge on any atom is -0.480 e. The summed E-state index contributed by atoms with van der Waals surface area (Å²) in [5.41, 5.74) is 1.05. The molecule has 1 atom stereocenters. The van der Waals surface area contributed by atoms with Crippen molar-refractivity contribution >= 4 is 16.0 Å². The van der Waals surface area contributed by atoms with Crippen LogP contribution in [0, 0.1) is 13.8 Å². The lowest BCUT2D eigenvalue weighted by Gasteiger charge is -2.31. The Hall–Kier alpha value is -1.58. The third-order valence-electron chi connectivity index (χ3n) is 2.98. The molecular formula is C11H16N4O4S. The standard InChI is InChI=1S/C11H16N4O4S/c1-7-5-8(2)14-11(13-7)20(18,19)15-4-3-12-6-9(15)10(16)17/h5,9,12H,3-4,6H2,1-2H3,(H,16,17)/t9-/m1/s1. The molecule has 0 amide bonds. The predicted octanol–water partition coefficient (Wildman–Crippen LogP) is -0.859. The molecule has 8 nitrogen and oxygen atoms in total. The Morgan fingerprint density at radius 3 is 2.55 bits per heavy atom. The largest absolute Gasteiger partial charge is 0.480 e. The average molecular weight is 300 g/mol. The molecule has 1 fully saturated rings. The monoisotopic (exact) mass is 300 g/mol. The molecule has 1 aromatic rings. The minimum absolute atomic E-state index is 0.0688. The van der Waals surface area contributed by atoms with Gasteiger partial charge >= 0.3 is 5.97 Å². The van der Waals surface area contributed by atoms with Gasteiger partial charge in [-0.05, 0) is 19.9 Å².